The summed E-state index contributed by atoms with van der Waals surface area (Å²) in [6.45, 7) is 3.72. The lowest BCUT2D eigenvalue weighted by atomic mass is 10.0. The van der Waals surface area contributed by atoms with Crippen LogP contribution in [-0.2, 0) is 4.79 Å². The van der Waals surface area contributed by atoms with E-state index >= 15 is 0 Å². The molecule has 0 fully saturated rings. The van der Waals surface area contributed by atoms with Crippen LogP contribution < -0.4 is 21.1 Å². The van der Waals surface area contributed by atoms with Crippen LogP contribution in [-0.4, -0.2) is 29.9 Å². The maximum atomic E-state index is 12.5. The minimum atomic E-state index is -0.688. The number of hydrogen-bond acceptors (Lipinski definition) is 5. The molecule has 1 atom stereocenters. The molecule has 2 aromatic rings. The first kappa shape index (κ1) is 21.2. The zero-order valence-corrected chi connectivity index (χ0v) is 15.7. The quantitative estimate of drug-likeness (QED) is 0.716. The molecule has 2 amide bonds. The van der Waals surface area contributed by atoms with Crippen molar-refractivity contribution in [2.75, 3.05) is 18.2 Å². The second kappa shape index (κ2) is 9.62. The molecule has 140 valence electrons. The zero-order valence-electron chi connectivity index (χ0n) is 14.9. The molecule has 0 radical (unpaired) electrons. The number of amides is 2. The molecule has 1 aromatic carbocycles. The Labute approximate surface area is 158 Å². The first-order valence-electron chi connectivity index (χ1n) is 7.88. The van der Waals surface area contributed by atoms with Gasteiger partial charge in [0.15, 0.2) is 0 Å². The summed E-state index contributed by atoms with van der Waals surface area (Å²) in [5, 5.41) is 5.50. The molecule has 4 N–H and O–H groups in total. The van der Waals surface area contributed by atoms with Crippen molar-refractivity contribution in [3.63, 3.8) is 0 Å². The molecule has 0 aliphatic carbocycles. The van der Waals surface area contributed by atoms with Crippen LogP contribution in [0.1, 0.15) is 24.2 Å². The second-order valence-electron chi connectivity index (χ2n) is 5.88. The maximum absolute atomic E-state index is 12.5. The van der Waals surface area contributed by atoms with E-state index in [1.165, 1.54) is 6.20 Å². The van der Waals surface area contributed by atoms with Crippen molar-refractivity contribution in [2.45, 2.75) is 19.9 Å². The number of methoxy groups -OCH3 is 1. The standard InChI is InChI=1S/C18H22N4O3.ClH/c1-11(2)16(18(24)21-13-6-9-15(19)20-10-13)22-17(23)12-4-7-14(25-3)8-5-12;/h4-11,16H,1-3H3,(H2,19,20)(H,21,24)(H,22,23);1H. The number of nitrogens with one attached hydrogen (secondary N) is 2. The van der Waals surface area contributed by atoms with Gasteiger partial charge in [-0.3, -0.25) is 9.59 Å². The Morgan fingerprint density at radius 3 is 2.27 bits per heavy atom. The molecule has 0 bridgehead atoms. The van der Waals surface area contributed by atoms with Gasteiger partial charge < -0.3 is 21.1 Å². The van der Waals surface area contributed by atoms with Gasteiger partial charge in [0.05, 0.1) is 19.0 Å². The van der Waals surface area contributed by atoms with Gasteiger partial charge in [0, 0.05) is 5.56 Å². The number of aromatic nitrogens is 1. The summed E-state index contributed by atoms with van der Waals surface area (Å²) < 4.78 is 5.07. The molecule has 2 rings (SSSR count). The molecule has 0 saturated carbocycles. The summed E-state index contributed by atoms with van der Waals surface area (Å²) in [5.74, 6) is 0.288. The molecule has 1 aromatic heterocycles. The first-order chi connectivity index (χ1) is 11.9. The Kier molecular flexibility index (Phi) is 7.86. The third-order valence-electron chi connectivity index (χ3n) is 3.64. The van der Waals surface area contributed by atoms with Gasteiger partial charge in [-0.05, 0) is 42.3 Å². The number of carbonyl (C=O) groups excluding carboxylic acids is 2. The van der Waals surface area contributed by atoms with Gasteiger partial charge >= 0.3 is 0 Å². The van der Waals surface area contributed by atoms with Gasteiger partial charge in [-0.2, -0.15) is 0 Å². The molecule has 0 spiro atoms. The SMILES string of the molecule is COc1ccc(C(=O)NC(C(=O)Nc2ccc(N)nc2)C(C)C)cc1.Cl. The smallest absolute Gasteiger partial charge is 0.251 e. The molecule has 0 aliphatic heterocycles. The molecular weight excluding hydrogens is 356 g/mol. The number of nitrogen functional groups attached to an aromatic ring is 1. The van der Waals surface area contributed by atoms with Crippen molar-refractivity contribution in [1.82, 2.24) is 10.3 Å². The highest BCUT2D eigenvalue weighted by Gasteiger charge is 2.24. The topological polar surface area (TPSA) is 106 Å². The number of nitrogens with zero attached hydrogens (tertiary/aromatic N) is 1. The number of hydrogen-bond donors (Lipinski definition) is 3. The molecule has 8 heteroatoms. The number of halogens is 1. The third-order valence-corrected chi connectivity index (χ3v) is 3.64. The Bertz CT molecular complexity index is 733. The predicted molar refractivity (Wildman–Crippen MR) is 104 cm³/mol. The number of carbonyl (C=O) groups is 2. The van der Waals surface area contributed by atoms with Crippen molar-refractivity contribution in [2.24, 2.45) is 5.92 Å². The summed E-state index contributed by atoms with van der Waals surface area (Å²) >= 11 is 0. The van der Waals surface area contributed by atoms with Gasteiger partial charge in [-0.1, -0.05) is 13.8 Å². The van der Waals surface area contributed by atoms with Gasteiger partial charge in [0.2, 0.25) is 5.91 Å². The number of anilines is 2. The largest absolute Gasteiger partial charge is 0.497 e. The highest BCUT2D eigenvalue weighted by molar-refractivity contribution is 6.01. The van der Waals surface area contributed by atoms with Crippen LogP contribution in [0.2, 0.25) is 0 Å². The van der Waals surface area contributed by atoms with Crippen molar-refractivity contribution < 1.29 is 14.3 Å². The summed E-state index contributed by atoms with van der Waals surface area (Å²) in [7, 11) is 1.56. The fourth-order valence-corrected chi connectivity index (χ4v) is 2.20. The van der Waals surface area contributed by atoms with Gasteiger partial charge in [-0.15, -0.1) is 12.4 Å². The van der Waals surface area contributed by atoms with E-state index in [4.69, 9.17) is 10.5 Å². The van der Waals surface area contributed by atoms with Crippen molar-refractivity contribution in [3.8, 4) is 5.75 Å². The van der Waals surface area contributed by atoms with E-state index in [9.17, 15) is 9.59 Å². The minimum absolute atomic E-state index is 0. The lowest BCUT2D eigenvalue weighted by molar-refractivity contribution is -0.118. The number of rotatable bonds is 6. The van der Waals surface area contributed by atoms with Gasteiger partial charge in [-0.25, -0.2) is 4.98 Å². The summed E-state index contributed by atoms with van der Waals surface area (Å²) in [5.41, 5.74) is 6.50. The summed E-state index contributed by atoms with van der Waals surface area (Å²) in [6.07, 6.45) is 1.47. The van der Waals surface area contributed by atoms with Crippen LogP contribution in [0, 0.1) is 5.92 Å². The van der Waals surface area contributed by atoms with Gasteiger partial charge in [0.25, 0.3) is 5.91 Å². The highest BCUT2D eigenvalue weighted by Crippen LogP contribution is 2.13. The minimum Gasteiger partial charge on any atom is -0.497 e. The molecule has 7 nitrogen and oxygen atoms in total. The molecule has 1 heterocycles. The van der Waals surface area contributed by atoms with Crippen LogP contribution >= 0.6 is 12.4 Å². The Balaban J connectivity index is 0.00000338. The maximum Gasteiger partial charge on any atom is 0.251 e. The van der Waals surface area contributed by atoms with Crippen molar-refractivity contribution in [3.05, 3.63) is 48.2 Å². The number of benzene rings is 1. The number of ether oxygens (including phenoxy) is 1. The summed E-state index contributed by atoms with van der Waals surface area (Å²) in [4.78, 5) is 28.8. The lowest BCUT2D eigenvalue weighted by Gasteiger charge is -2.21. The Morgan fingerprint density at radius 2 is 1.77 bits per heavy atom. The fraction of sp³-hybridized carbons (Fsp3) is 0.278. The number of nitrogens with two attached hydrogens (primary N) is 1. The molecule has 26 heavy (non-hydrogen) atoms. The van der Waals surface area contributed by atoms with E-state index in [-0.39, 0.29) is 30.1 Å². The van der Waals surface area contributed by atoms with Crippen LogP contribution in [0.25, 0.3) is 0 Å². The van der Waals surface area contributed by atoms with E-state index in [2.05, 4.69) is 15.6 Å². The fourth-order valence-electron chi connectivity index (χ4n) is 2.20. The summed E-state index contributed by atoms with van der Waals surface area (Å²) in [6, 6.07) is 9.24. The predicted octanol–water partition coefficient (Wildman–Crippen LogP) is 2.49. The van der Waals surface area contributed by atoms with E-state index in [1.807, 2.05) is 13.8 Å². The monoisotopic (exact) mass is 378 g/mol. The van der Waals surface area contributed by atoms with Gasteiger partial charge in [0.1, 0.15) is 17.6 Å². The van der Waals surface area contributed by atoms with E-state index in [0.717, 1.165) is 0 Å². The molecule has 0 aliphatic rings. The van der Waals surface area contributed by atoms with E-state index < -0.39 is 6.04 Å². The Hall–Kier alpha value is -2.80. The number of pyridine rings is 1. The van der Waals surface area contributed by atoms with Crippen LogP contribution in [0.4, 0.5) is 11.5 Å². The van der Waals surface area contributed by atoms with E-state index in [1.54, 1.807) is 43.5 Å². The third kappa shape index (κ3) is 5.63. The average molecular weight is 379 g/mol. The normalized spacial score (nSPS) is 11.2. The van der Waals surface area contributed by atoms with E-state index in [0.29, 0.717) is 22.8 Å². The molecular formula is C18H23ClN4O3. The second-order valence-corrected chi connectivity index (χ2v) is 5.88. The lowest BCUT2D eigenvalue weighted by Crippen LogP contribution is -2.47. The molecule has 0 saturated heterocycles. The van der Waals surface area contributed by atoms with Crippen LogP contribution in [0.3, 0.4) is 0 Å². The Morgan fingerprint density at radius 1 is 1.12 bits per heavy atom. The van der Waals surface area contributed by atoms with Crippen LogP contribution in [0.5, 0.6) is 5.75 Å². The van der Waals surface area contributed by atoms with Crippen molar-refractivity contribution >= 4 is 35.7 Å². The highest BCUT2D eigenvalue weighted by atomic mass is 35.5. The first-order valence-corrected chi connectivity index (χ1v) is 7.88. The zero-order chi connectivity index (χ0) is 18.4. The van der Waals surface area contributed by atoms with Crippen LogP contribution in [0.15, 0.2) is 42.6 Å². The van der Waals surface area contributed by atoms with Crippen molar-refractivity contribution in [1.29, 1.82) is 0 Å². The molecule has 1 unspecified atom stereocenters. The average Bonchev–Trinajstić information content (AvgIpc) is 2.61.